The van der Waals surface area contributed by atoms with Gasteiger partial charge in [-0.1, -0.05) is 32.0 Å². The number of carbonyl (C=O) groups is 1. The van der Waals surface area contributed by atoms with Crippen molar-refractivity contribution in [1.82, 2.24) is 14.8 Å². The van der Waals surface area contributed by atoms with Crippen LogP contribution in [-0.4, -0.2) is 20.7 Å². The van der Waals surface area contributed by atoms with E-state index in [4.69, 9.17) is 9.40 Å². The summed E-state index contributed by atoms with van der Waals surface area (Å²) in [5.41, 5.74) is 4.96. The number of aromatic nitrogens is 3. The molecule has 0 radical (unpaired) electrons. The number of aryl methyl sites for hydroxylation is 2. The maximum absolute atomic E-state index is 13.5. The Morgan fingerprint density at radius 3 is 2.47 bits per heavy atom. The molecule has 4 aromatic rings. The summed E-state index contributed by atoms with van der Waals surface area (Å²) in [6, 6.07) is 11.7. The van der Waals surface area contributed by atoms with Crippen molar-refractivity contribution < 1.29 is 9.21 Å². The summed E-state index contributed by atoms with van der Waals surface area (Å²) in [5.74, 6) is 0.444. The van der Waals surface area contributed by atoms with Gasteiger partial charge in [0.2, 0.25) is 0 Å². The minimum Gasteiger partial charge on any atom is -0.463 e. The largest absolute Gasteiger partial charge is 0.463 e. The lowest BCUT2D eigenvalue weighted by Crippen LogP contribution is -2.16. The number of fused-ring (bicyclic) bond motifs is 1. The first-order chi connectivity index (χ1) is 14.5. The van der Waals surface area contributed by atoms with E-state index in [0.717, 1.165) is 35.0 Å². The fraction of sp³-hybridized carbons (Fsp3) is 0.292. The van der Waals surface area contributed by atoms with Gasteiger partial charge < -0.3 is 9.73 Å². The molecule has 0 aliphatic rings. The monoisotopic (exact) mass is 402 g/mol. The van der Waals surface area contributed by atoms with Gasteiger partial charge in [-0.25, -0.2) is 9.67 Å². The number of furan rings is 1. The molecular weight excluding hydrogens is 376 g/mol. The van der Waals surface area contributed by atoms with Crippen molar-refractivity contribution in [2.45, 2.75) is 46.6 Å². The topological polar surface area (TPSA) is 73.0 Å². The summed E-state index contributed by atoms with van der Waals surface area (Å²) in [6.07, 6.45) is 5.01. The molecule has 4 rings (SSSR count). The molecule has 3 aromatic heterocycles. The SMILES string of the molecule is CCc1cccc(CC)c1NC(=O)c1cc(-c2ccco2)nc2c1cnn2C(C)C. The lowest BCUT2D eigenvalue weighted by molar-refractivity contribution is 0.102. The maximum atomic E-state index is 13.5. The van der Waals surface area contributed by atoms with Gasteiger partial charge in [0.1, 0.15) is 5.69 Å². The Bertz CT molecular complexity index is 1170. The van der Waals surface area contributed by atoms with E-state index in [1.54, 1.807) is 18.5 Å². The van der Waals surface area contributed by atoms with Gasteiger partial charge in [0.15, 0.2) is 11.4 Å². The molecule has 0 saturated carbocycles. The number of hydrogen-bond acceptors (Lipinski definition) is 4. The second kappa shape index (κ2) is 8.14. The van der Waals surface area contributed by atoms with Crippen molar-refractivity contribution in [3.8, 4) is 11.5 Å². The van der Waals surface area contributed by atoms with E-state index in [2.05, 4.69) is 36.4 Å². The van der Waals surface area contributed by atoms with Gasteiger partial charge in [0, 0.05) is 11.7 Å². The smallest absolute Gasteiger partial charge is 0.256 e. The Kier molecular flexibility index (Phi) is 5.40. The Hall–Kier alpha value is -3.41. The van der Waals surface area contributed by atoms with Crippen LogP contribution in [0.2, 0.25) is 0 Å². The van der Waals surface area contributed by atoms with Crippen molar-refractivity contribution in [2.24, 2.45) is 0 Å². The number of nitrogens with one attached hydrogen (secondary N) is 1. The van der Waals surface area contributed by atoms with Crippen molar-refractivity contribution in [3.63, 3.8) is 0 Å². The van der Waals surface area contributed by atoms with Gasteiger partial charge in [-0.05, 0) is 56.0 Å². The highest BCUT2D eigenvalue weighted by Gasteiger charge is 2.20. The Morgan fingerprint density at radius 2 is 1.87 bits per heavy atom. The summed E-state index contributed by atoms with van der Waals surface area (Å²) in [4.78, 5) is 18.2. The molecule has 0 bridgehead atoms. The third-order valence-electron chi connectivity index (χ3n) is 5.31. The molecule has 0 aliphatic carbocycles. The third-order valence-corrected chi connectivity index (χ3v) is 5.31. The number of benzene rings is 1. The Labute approximate surface area is 175 Å². The highest BCUT2D eigenvalue weighted by Crippen LogP contribution is 2.29. The zero-order valence-electron chi connectivity index (χ0n) is 17.8. The Balaban J connectivity index is 1.85. The quantitative estimate of drug-likeness (QED) is 0.452. The van der Waals surface area contributed by atoms with Crippen molar-refractivity contribution in [3.05, 3.63) is 65.5 Å². The summed E-state index contributed by atoms with van der Waals surface area (Å²) in [5, 5.41) is 8.37. The number of amides is 1. The molecule has 154 valence electrons. The number of hydrogen-bond donors (Lipinski definition) is 1. The number of carbonyl (C=O) groups excluding carboxylic acids is 1. The van der Waals surface area contributed by atoms with Crippen LogP contribution in [0, 0.1) is 0 Å². The first-order valence-corrected chi connectivity index (χ1v) is 10.4. The first-order valence-electron chi connectivity index (χ1n) is 10.4. The summed E-state index contributed by atoms with van der Waals surface area (Å²) in [6.45, 7) is 8.27. The minimum atomic E-state index is -0.172. The second-order valence-corrected chi connectivity index (χ2v) is 7.57. The van der Waals surface area contributed by atoms with Crippen LogP contribution in [0.25, 0.3) is 22.5 Å². The van der Waals surface area contributed by atoms with Gasteiger partial charge in [0.05, 0.1) is 23.4 Å². The van der Waals surface area contributed by atoms with E-state index in [1.807, 2.05) is 36.7 Å². The number of anilines is 1. The molecule has 1 aromatic carbocycles. The lowest BCUT2D eigenvalue weighted by atomic mass is 10.0. The van der Waals surface area contributed by atoms with Crippen LogP contribution in [-0.2, 0) is 12.8 Å². The predicted octanol–water partition coefficient (Wildman–Crippen LogP) is 5.65. The molecule has 6 nitrogen and oxygen atoms in total. The van der Waals surface area contributed by atoms with Gasteiger partial charge in [-0.2, -0.15) is 5.10 Å². The molecule has 30 heavy (non-hydrogen) atoms. The summed E-state index contributed by atoms with van der Waals surface area (Å²) >= 11 is 0. The highest BCUT2D eigenvalue weighted by molar-refractivity contribution is 6.13. The predicted molar refractivity (Wildman–Crippen MR) is 119 cm³/mol. The van der Waals surface area contributed by atoms with Gasteiger partial charge in [0.25, 0.3) is 5.91 Å². The van der Waals surface area contributed by atoms with E-state index in [1.165, 1.54) is 0 Å². The summed E-state index contributed by atoms with van der Waals surface area (Å²) < 4.78 is 7.38. The average molecular weight is 402 g/mol. The van der Waals surface area contributed by atoms with E-state index in [9.17, 15) is 4.79 Å². The van der Waals surface area contributed by atoms with E-state index < -0.39 is 0 Å². The molecular formula is C24H26N4O2. The first kappa shape index (κ1) is 19.9. The van der Waals surface area contributed by atoms with Crippen LogP contribution >= 0.6 is 0 Å². The van der Waals surface area contributed by atoms with Crippen LogP contribution < -0.4 is 5.32 Å². The molecule has 1 amide bonds. The zero-order valence-corrected chi connectivity index (χ0v) is 17.8. The standard InChI is InChI=1S/C24H26N4O2/c1-5-16-9-7-10-17(6-2)22(16)27-24(29)18-13-20(21-11-8-12-30-21)26-23-19(18)14-25-28(23)15(3)4/h7-15H,5-6H2,1-4H3,(H,27,29). The molecule has 0 spiro atoms. The van der Waals surface area contributed by atoms with E-state index in [0.29, 0.717) is 22.7 Å². The average Bonchev–Trinajstić information content (AvgIpc) is 3.43. The van der Waals surface area contributed by atoms with Crippen LogP contribution in [0.3, 0.4) is 0 Å². The van der Waals surface area contributed by atoms with Gasteiger partial charge in [-0.3, -0.25) is 4.79 Å². The van der Waals surface area contributed by atoms with Crippen LogP contribution in [0.5, 0.6) is 0 Å². The number of pyridine rings is 1. The zero-order chi connectivity index (χ0) is 21.3. The number of rotatable bonds is 6. The minimum absolute atomic E-state index is 0.116. The van der Waals surface area contributed by atoms with Crippen molar-refractivity contribution >= 4 is 22.6 Å². The number of nitrogens with zero attached hydrogens (tertiary/aromatic N) is 3. The van der Waals surface area contributed by atoms with Crippen molar-refractivity contribution in [2.75, 3.05) is 5.32 Å². The normalized spacial score (nSPS) is 11.4. The molecule has 0 fully saturated rings. The van der Waals surface area contributed by atoms with Crippen LogP contribution in [0.1, 0.15) is 55.2 Å². The third kappa shape index (κ3) is 3.49. The Morgan fingerprint density at radius 1 is 1.13 bits per heavy atom. The lowest BCUT2D eigenvalue weighted by Gasteiger charge is -2.15. The molecule has 6 heteroatoms. The fourth-order valence-electron chi connectivity index (χ4n) is 3.72. The van der Waals surface area contributed by atoms with E-state index >= 15 is 0 Å². The number of para-hydroxylation sites is 1. The molecule has 3 heterocycles. The molecule has 0 saturated heterocycles. The summed E-state index contributed by atoms with van der Waals surface area (Å²) in [7, 11) is 0. The highest BCUT2D eigenvalue weighted by atomic mass is 16.3. The van der Waals surface area contributed by atoms with Crippen molar-refractivity contribution in [1.29, 1.82) is 0 Å². The molecule has 0 unspecified atom stereocenters. The molecule has 1 N–H and O–H groups in total. The maximum Gasteiger partial charge on any atom is 0.256 e. The fourth-order valence-corrected chi connectivity index (χ4v) is 3.72. The van der Waals surface area contributed by atoms with Gasteiger partial charge >= 0.3 is 0 Å². The molecule has 0 aliphatic heterocycles. The van der Waals surface area contributed by atoms with Gasteiger partial charge in [-0.15, -0.1) is 0 Å². The van der Waals surface area contributed by atoms with E-state index in [-0.39, 0.29) is 11.9 Å². The van der Waals surface area contributed by atoms with Crippen LogP contribution in [0.15, 0.2) is 53.3 Å². The second-order valence-electron chi connectivity index (χ2n) is 7.57. The molecule has 0 atom stereocenters. The van der Waals surface area contributed by atoms with Crippen LogP contribution in [0.4, 0.5) is 5.69 Å².